The molecule has 0 aromatic heterocycles. The van der Waals surface area contributed by atoms with Crippen LogP contribution in [-0.4, -0.2) is 6.29 Å². The van der Waals surface area contributed by atoms with Gasteiger partial charge < -0.3 is 0 Å². The minimum atomic E-state index is -4.39. The second-order valence-electron chi connectivity index (χ2n) is 3.44. The van der Waals surface area contributed by atoms with Gasteiger partial charge in [0.25, 0.3) is 0 Å². The van der Waals surface area contributed by atoms with E-state index in [1.54, 1.807) is 23.6 Å². The van der Waals surface area contributed by atoms with E-state index in [2.05, 4.69) is 0 Å². The fourth-order valence-electron chi connectivity index (χ4n) is 1.63. The third-order valence-electron chi connectivity index (χ3n) is 2.37. The maximum absolute atomic E-state index is 12.8. The summed E-state index contributed by atoms with van der Waals surface area (Å²) in [6.07, 6.45) is -0.573. The van der Waals surface area contributed by atoms with Gasteiger partial charge in [-0.3, -0.25) is 4.79 Å². The molecule has 2 rings (SSSR count). The molecule has 5 heteroatoms. The van der Waals surface area contributed by atoms with Gasteiger partial charge in [-0.05, 0) is 23.6 Å². The molecule has 1 aromatic rings. The first-order valence-corrected chi connectivity index (χ1v) is 6.24. The molecule has 90 valence electrons. The molecule has 0 N–H and O–H groups in total. The summed E-state index contributed by atoms with van der Waals surface area (Å²) in [4.78, 5) is 11.4. The van der Waals surface area contributed by atoms with Crippen LogP contribution in [0.1, 0.15) is 5.56 Å². The van der Waals surface area contributed by atoms with Crippen molar-refractivity contribution >= 4 is 17.2 Å². The molecule has 0 radical (unpaired) electrons. The van der Waals surface area contributed by atoms with Crippen LogP contribution >= 0.6 is 10.9 Å². The summed E-state index contributed by atoms with van der Waals surface area (Å²) in [7, 11) is -1.30. The Kier molecular flexibility index (Phi) is 3.11. The number of aldehydes is 1. The fraction of sp³-hybridized carbons (Fsp3) is 0.0833. The summed E-state index contributed by atoms with van der Waals surface area (Å²) in [5.41, 5.74) is -0.662. The Morgan fingerprint density at radius 1 is 1.18 bits per heavy atom. The molecule has 0 saturated carbocycles. The van der Waals surface area contributed by atoms with Crippen molar-refractivity contribution in [2.75, 3.05) is 0 Å². The number of alkyl halides is 3. The minimum absolute atomic E-state index is 0.183. The van der Waals surface area contributed by atoms with Crippen LogP contribution in [0.2, 0.25) is 0 Å². The van der Waals surface area contributed by atoms with E-state index < -0.39 is 22.6 Å². The Labute approximate surface area is 99.0 Å². The van der Waals surface area contributed by atoms with E-state index >= 15 is 0 Å². The molecule has 17 heavy (non-hydrogen) atoms. The van der Waals surface area contributed by atoms with E-state index in [0.29, 0.717) is 11.2 Å². The lowest BCUT2D eigenvalue weighted by atomic mass is 10.2. The van der Waals surface area contributed by atoms with E-state index in [4.69, 9.17) is 0 Å². The Bertz CT molecular complexity index is 503. The van der Waals surface area contributed by atoms with Gasteiger partial charge in [-0.1, -0.05) is 18.2 Å². The highest BCUT2D eigenvalue weighted by molar-refractivity contribution is 8.23. The first-order valence-electron chi connectivity index (χ1n) is 4.83. The lowest BCUT2D eigenvalue weighted by molar-refractivity contribution is -0.139. The number of thiol groups is 1. The van der Waals surface area contributed by atoms with Crippen LogP contribution in [-0.2, 0) is 11.0 Å². The number of halogens is 3. The minimum Gasteiger partial charge on any atom is -0.297 e. The van der Waals surface area contributed by atoms with Gasteiger partial charge in [-0.15, -0.1) is 0 Å². The summed E-state index contributed by atoms with van der Waals surface area (Å²) >= 11 is 0. The largest absolute Gasteiger partial charge is 0.417 e. The van der Waals surface area contributed by atoms with Crippen LogP contribution in [0.4, 0.5) is 13.2 Å². The Morgan fingerprint density at radius 3 is 2.53 bits per heavy atom. The Hall–Kier alpha value is -1.49. The van der Waals surface area contributed by atoms with Gasteiger partial charge in [0.05, 0.1) is 5.56 Å². The Morgan fingerprint density at radius 2 is 1.88 bits per heavy atom. The summed E-state index contributed by atoms with van der Waals surface area (Å²) in [5, 5.41) is 1.66. The first-order chi connectivity index (χ1) is 8.04. The van der Waals surface area contributed by atoms with Crippen molar-refractivity contribution in [1.29, 1.82) is 0 Å². The lowest BCUT2D eigenvalue weighted by Crippen LogP contribution is -2.07. The number of carbonyl (C=O) groups excluding carboxylic acids is 1. The highest BCUT2D eigenvalue weighted by Crippen LogP contribution is 2.51. The average molecular weight is 258 g/mol. The second-order valence-corrected chi connectivity index (χ2v) is 5.47. The number of carbonyl (C=O) groups is 1. The zero-order valence-electron chi connectivity index (χ0n) is 8.61. The summed E-state index contributed by atoms with van der Waals surface area (Å²) in [6, 6.07) is 5.39. The van der Waals surface area contributed by atoms with Crippen LogP contribution in [0.25, 0.3) is 0 Å². The summed E-state index contributed by atoms with van der Waals surface area (Å²) in [5.74, 6) is 0. The van der Waals surface area contributed by atoms with Crippen molar-refractivity contribution in [1.82, 2.24) is 0 Å². The normalized spacial score (nSPS) is 21.4. The van der Waals surface area contributed by atoms with Crippen LogP contribution in [0.3, 0.4) is 0 Å². The molecular weight excluding hydrogens is 249 g/mol. The number of rotatable bonds is 2. The van der Waals surface area contributed by atoms with E-state index in [9.17, 15) is 18.0 Å². The van der Waals surface area contributed by atoms with Crippen molar-refractivity contribution in [3.63, 3.8) is 0 Å². The highest BCUT2D eigenvalue weighted by Gasteiger charge is 2.34. The second kappa shape index (κ2) is 4.41. The molecule has 1 aliphatic rings. The van der Waals surface area contributed by atoms with Crippen molar-refractivity contribution in [2.24, 2.45) is 0 Å². The van der Waals surface area contributed by atoms with Gasteiger partial charge in [-0.25, -0.2) is 0 Å². The molecule has 0 bridgehead atoms. The third kappa shape index (κ3) is 2.29. The predicted octanol–water partition coefficient (Wildman–Crippen LogP) is 3.68. The van der Waals surface area contributed by atoms with Gasteiger partial charge in [0.1, 0.15) is 0 Å². The predicted molar refractivity (Wildman–Crippen MR) is 62.0 cm³/mol. The molecule has 1 heterocycles. The summed E-state index contributed by atoms with van der Waals surface area (Å²) < 4.78 is 38.4. The lowest BCUT2D eigenvalue weighted by Gasteiger charge is -2.20. The van der Waals surface area contributed by atoms with Crippen LogP contribution in [0.15, 0.2) is 51.6 Å². The average Bonchev–Trinajstić information content (AvgIpc) is 2.75. The fourth-order valence-corrected chi connectivity index (χ4v) is 3.57. The molecule has 1 unspecified atom stereocenters. The van der Waals surface area contributed by atoms with Crippen LogP contribution in [0.5, 0.6) is 0 Å². The monoisotopic (exact) mass is 258 g/mol. The molecule has 0 fully saturated rings. The number of benzene rings is 1. The van der Waals surface area contributed by atoms with Gasteiger partial charge in [0.15, 0.2) is 6.29 Å². The molecule has 0 saturated heterocycles. The Balaban J connectivity index is 2.50. The third-order valence-corrected chi connectivity index (χ3v) is 4.56. The molecule has 1 atom stereocenters. The molecule has 1 nitrogen and oxygen atoms in total. The van der Waals surface area contributed by atoms with E-state index in [-0.39, 0.29) is 4.90 Å². The molecule has 1 aromatic carbocycles. The van der Waals surface area contributed by atoms with Crippen LogP contribution in [0, 0.1) is 0 Å². The number of hydrogen-bond donors (Lipinski definition) is 1. The van der Waals surface area contributed by atoms with E-state index in [1.165, 1.54) is 12.1 Å². The SMILES string of the molecule is O=CC1=CC=C[SH]1c1ccccc1C(F)(F)F. The van der Waals surface area contributed by atoms with Gasteiger partial charge >= 0.3 is 6.18 Å². The number of hydrogen-bond acceptors (Lipinski definition) is 1. The molecular formula is C12H9F3OS. The van der Waals surface area contributed by atoms with Crippen LogP contribution < -0.4 is 0 Å². The molecule has 0 amide bonds. The maximum atomic E-state index is 12.8. The molecule has 0 aliphatic carbocycles. The quantitative estimate of drug-likeness (QED) is 0.632. The van der Waals surface area contributed by atoms with Gasteiger partial charge in [0.2, 0.25) is 0 Å². The zero-order valence-corrected chi connectivity index (χ0v) is 9.50. The molecule has 0 spiro atoms. The first kappa shape index (κ1) is 12.0. The van der Waals surface area contributed by atoms with Crippen molar-refractivity contribution in [3.8, 4) is 0 Å². The van der Waals surface area contributed by atoms with Crippen molar-refractivity contribution in [3.05, 3.63) is 52.3 Å². The summed E-state index contributed by atoms with van der Waals surface area (Å²) in [6.45, 7) is 0. The maximum Gasteiger partial charge on any atom is 0.417 e. The van der Waals surface area contributed by atoms with E-state index in [0.717, 1.165) is 6.07 Å². The van der Waals surface area contributed by atoms with E-state index in [1.807, 2.05) is 0 Å². The van der Waals surface area contributed by atoms with Crippen molar-refractivity contribution in [2.45, 2.75) is 11.1 Å². The highest BCUT2D eigenvalue weighted by atomic mass is 32.2. The molecule has 1 aliphatic heterocycles. The topological polar surface area (TPSA) is 17.1 Å². The van der Waals surface area contributed by atoms with Crippen molar-refractivity contribution < 1.29 is 18.0 Å². The van der Waals surface area contributed by atoms with Gasteiger partial charge in [0, 0.05) is 9.80 Å². The standard InChI is InChI=1S/C12H9F3OS/c13-12(14,15)10-5-1-2-6-11(10)17-7-3-4-9(17)8-16/h1-8,17H. The zero-order chi connectivity index (χ0) is 12.5. The van der Waals surface area contributed by atoms with Gasteiger partial charge in [-0.2, -0.15) is 24.1 Å². The smallest absolute Gasteiger partial charge is 0.297 e. The number of allylic oxidation sites excluding steroid dienone is 3.